The SMILES string of the molecule is O=C(O)c1ccc(-c2c3nc(c(O)c4ccc([nH]4)c(-c4ccc(C(=O)O)cc4)c4nc(c(O)c5ccc2[nH]5)C=C4)C=C3)cc1. The van der Waals surface area contributed by atoms with Crippen LogP contribution in [-0.2, 0) is 0 Å². The van der Waals surface area contributed by atoms with Crippen molar-refractivity contribution in [3.8, 4) is 33.8 Å². The zero-order valence-corrected chi connectivity index (χ0v) is 22.7. The minimum Gasteiger partial charge on any atom is -0.504 e. The van der Waals surface area contributed by atoms with Crippen LogP contribution in [0.25, 0.3) is 68.6 Å². The number of carbonyl (C=O) groups is 2. The van der Waals surface area contributed by atoms with Gasteiger partial charge < -0.3 is 30.4 Å². The van der Waals surface area contributed by atoms with E-state index < -0.39 is 11.9 Å². The fourth-order valence-electron chi connectivity index (χ4n) is 5.34. The molecule has 0 aliphatic carbocycles. The molecule has 0 amide bonds. The van der Waals surface area contributed by atoms with Crippen molar-refractivity contribution in [3.05, 3.63) is 107 Å². The van der Waals surface area contributed by atoms with Crippen molar-refractivity contribution in [2.24, 2.45) is 0 Å². The summed E-state index contributed by atoms with van der Waals surface area (Å²) in [6.07, 6.45) is 6.87. The fourth-order valence-corrected chi connectivity index (χ4v) is 5.34. The Morgan fingerprint density at radius 2 is 0.818 bits per heavy atom. The number of nitrogens with one attached hydrogen (secondary N) is 2. The maximum absolute atomic E-state index is 11.5. The highest BCUT2D eigenvalue weighted by Crippen LogP contribution is 2.36. The predicted molar refractivity (Wildman–Crippen MR) is 167 cm³/mol. The maximum atomic E-state index is 11.5. The largest absolute Gasteiger partial charge is 0.504 e. The number of benzene rings is 2. The number of aromatic hydroxyl groups is 2. The van der Waals surface area contributed by atoms with E-state index in [2.05, 4.69) is 9.97 Å². The molecule has 5 aromatic rings. The van der Waals surface area contributed by atoms with Gasteiger partial charge >= 0.3 is 11.9 Å². The van der Waals surface area contributed by atoms with Gasteiger partial charge in [-0.2, -0.15) is 0 Å². The first-order valence-corrected chi connectivity index (χ1v) is 13.5. The second-order valence-electron chi connectivity index (χ2n) is 10.2. The van der Waals surface area contributed by atoms with Crippen LogP contribution >= 0.6 is 0 Å². The monoisotopic (exact) mass is 582 g/mol. The summed E-state index contributed by atoms with van der Waals surface area (Å²) in [6, 6.07) is 19.7. The maximum Gasteiger partial charge on any atom is 0.335 e. The van der Waals surface area contributed by atoms with Crippen LogP contribution in [0.15, 0.2) is 72.8 Å². The number of rotatable bonds is 4. The Hall–Kier alpha value is -6.42. The lowest BCUT2D eigenvalue weighted by Crippen LogP contribution is -1.95. The van der Waals surface area contributed by atoms with Gasteiger partial charge in [0, 0.05) is 22.2 Å². The van der Waals surface area contributed by atoms with E-state index in [1.54, 1.807) is 72.8 Å². The number of aromatic amines is 2. The summed E-state index contributed by atoms with van der Waals surface area (Å²) in [5.41, 5.74) is 6.54. The molecule has 0 saturated heterocycles. The average molecular weight is 583 g/mol. The number of aromatic carboxylic acids is 2. The third kappa shape index (κ3) is 4.47. The van der Waals surface area contributed by atoms with E-state index in [1.807, 2.05) is 0 Å². The summed E-state index contributed by atoms with van der Waals surface area (Å²) in [5, 5.41) is 41.3. The number of carboxylic acid groups (broad SMARTS) is 2. The van der Waals surface area contributed by atoms with Gasteiger partial charge in [0.15, 0.2) is 11.5 Å². The Bertz CT molecular complexity index is 2080. The van der Waals surface area contributed by atoms with Gasteiger partial charge in [0.05, 0.1) is 33.5 Å². The summed E-state index contributed by atoms with van der Waals surface area (Å²) in [5.74, 6) is -2.27. The molecule has 3 aromatic heterocycles. The van der Waals surface area contributed by atoms with Crippen molar-refractivity contribution in [3.63, 3.8) is 0 Å². The third-order valence-corrected chi connectivity index (χ3v) is 7.54. The van der Waals surface area contributed by atoms with E-state index in [4.69, 9.17) is 9.97 Å². The standard InChI is InChI=1S/C34H22N4O6/c39-31-25-13-9-21(35-25)29(17-1-5-19(6-2-17)33(41)42)22-10-14-26(36-22)32(40)28-16-12-24(38-28)30(23-11-15-27(31)37-23)18-3-7-20(8-4-18)34(43)44/h1-16,35,38-40H,(H,41,42)(H,43,44). The van der Waals surface area contributed by atoms with E-state index in [0.717, 1.165) is 0 Å². The van der Waals surface area contributed by atoms with Crippen LogP contribution in [0, 0.1) is 0 Å². The van der Waals surface area contributed by atoms with Gasteiger partial charge in [-0.3, -0.25) is 0 Å². The molecular formula is C34H22N4O6. The Morgan fingerprint density at radius 1 is 0.477 bits per heavy atom. The zero-order valence-electron chi connectivity index (χ0n) is 22.7. The first kappa shape index (κ1) is 26.5. The molecule has 0 saturated carbocycles. The smallest absolute Gasteiger partial charge is 0.335 e. The molecule has 2 aliphatic heterocycles. The van der Waals surface area contributed by atoms with Crippen molar-refractivity contribution in [1.29, 1.82) is 0 Å². The van der Waals surface area contributed by atoms with Crippen molar-refractivity contribution in [2.75, 3.05) is 0 Å². The molecule has 2 aromatic carbocycles. The number of hydrogen-bond acceptors (Lipinski definition) is 6. The number of carboxylic acids is 2. The lowest BCUT2D eigenvalue weighted by Gasteiger charge is -2.05. The van der Waals surface area contributed by atoms with Crippen LogP contribution in [0.4, 0.5) is 0 Å². The second-order valence-corrected chi connectivity index (χ2v) is 10.2. The van der Waals surface area contributed by atoms with Crippen molar-refractivity contribution >= 4 is 58.3 Å². The molecule has 214 valence electrons. The van der Waals surface area contributed by atoms with Gasteiger partial charge in [0.1, 0.15) is 11.4 Å². The molecule has 0 unspecified atom stereocenters. The fraction of sp³-hybridized carbons (Fsp3) is 0. The Balaban J connectivity index is 1.56. The van der Waals surface area contributed by atoms with Crippen molar-refractivity contribution in [2.45, 2.75) is 0 Å². The van der Waals surface area contributed by atoms with Crippen LogP contribution < -0.4 is 0 Å². The van der Waals surface area contributed by atoms with Crippen molar-refractivity contribution < 1.29 is 30.0 Å². The zero-order chi connectivity index (χ0) is 30.5. The number of aromatic nitrogens is 4. The Labute approximate surface area is 248 Å². The molecule has 10 nitrogen and oxygen atoms in total. The first-order chi connectivity index (χ1) is 21.3. The van der Waals surface area contributed by atoms with Gasteiger partial charge in [0.2, 0.25) is 0 Å². The minimum atomic E-state index is -1.04. The molecule has 8 bridgehead atoms. The average Bonchev–Trinajstić information content (AvgIpc) is 3.85. The Kier molecular flexibility index (Phi) is 6.10. The van der Waals surface area contributed by atoms with Crippen LogP contribution in [0.3, 0.4) is 0 Å². The lowest BCUT2D eigenvalue weighted by molar-refractivity contribution is 0.0686. The molecular weight excluding hydrogens is 560 g/mol. The number of hydrogen-bond donors (Lipinski definition) is 6. The molecule has 0 spiro atoms. The van der Waals surface area contributed by atoms with Crippen LogP contribution in [-0.4, -0.2) is 52.3 Å². The molecule has 44 heavy (non-hydrogen) atoms. The summed E-state index contributed by atoms with van der Waals surface area (Å²) < 4.78 is 0. The topological polar surface area (TPSA) is 172 Å². The van der Waals surface area contributed by atoms with Gasteiger partial charge in [-0.05, 0) is 84.0 Å². The van der Waals surface area contributed by atoms with Gasteiger partial charge in [-0.15, -0.1) is 0 Å². The quantitative estimate of drug-likeness (QED) is 0.131. The first-order valence-electron chi connectivity index (χ1n) is 13.5. The number of H-pyrrole nitrogens is 2. The molecule has 0 fully saturated rings. The van der Waals surface area contributed by atoms with Crippen molar-refractivity contribution in [1.82, 2.24) is 19.9 Å². The van der Waals surface area contributed by atoms with E-state index in [1.165, 1.54) is 24.3 Å². The van der Waals surface area contributed by atoms with Crippen LogP contribution in [0.1, 0.15) is 43.5 Å². The van der Waals surface area contributed by atoms with Gasteiger partial charge in [0.25, 0.3) is 0 Å². The molecule has 7 rings (SSSR count). The van der Waals surface area contributed by atoms with E-state index in [0.29, 0.717) is 67.1 Å². The van der Waals surface area contributed by atoms with E-state index in [9.17, 15) is 30.0 Å². The molecule has 5 heterocycles. The van der Waals surface area contributed by atoms with Gasteiger partial charge in [-0.25, -0.2) is 19.6 Å². The highest BCUT2D eigenvalue weighted by atomic mass is 16.4. The Morgan fingerprint density at radius 3 is 1.18 bits per heavy atom. The predicted octanol–water partition coefficient (Wildman–Crippen LogP) is 6.80. The highest BCUT2D eigenvalue weighted by molar-refractivity contribution is 5.96. The molecule has 2 aliphatic rings. The summed E-state index contributed by atoms with van der Waals surface area (Å²) >= 11 is 0. The molecule has 0 atom stereocenters. The van der Waals surface area contributed by atoms with Crippen LogP contribution in [0.2, 0.25) is 0 Å². The summed E-state index contributed by atoms with van der Waals surface area (Å²) in [6.45, 7) is 0. The van der Waals surface area contributed by atoms with E-state index >= 15 is 0 Å². The number of fused-ring (bicyclic) bond motifs is 8. The minimum absolute atomic E-state index is 0.0925. The highest BCUT2D eigenvalue weighted by Gasteiger charge is 2.17. The molecule has 0 radical (unpaired) electrons. The normalized spacial score (nSPS) is 12.0. The summed E-state index contributed by atoms with van der Waals surface area (Å²) in [7, 11) is 0. The summed E-state index contributed by atoms with van der Waals surface area (Å²) in [4.78, 5) is 38.8. The second kappa shape index (κ2) is 10.1. The molecule has 10 heteroatoms. The lowest BCUT2D eigenvalue weighted by atomic mass is 10.0. The van der Waals surface area contributed by atoms with E-state index in [-0.39, 0.29) is 22.6 Å². The number of nitrogens with zero attached hydrogens (tertiary/aromatic N) is 2. The third-order valence-electron chi connectivity index (χ3n) is 7.54. The van der Waals surface area contributed by atoms with Gasteiger partial charge in [-0.1, -0.05) is 24.3 Å². The molecule has 6 N–H and O–H groups in total. The van der Waals surface area contributed by atoms with Crippen LogP contribution in [0.5, 0.6) is 11.5 Å².